The van der Waals surface area contributed by atoms with Gasteiger partial charge in [-0.25, -0.2) is 23.0 Å². The number of piperidine rings is 1. The number of hydrogen-bond donors (Lipinski definition) is 4. The summed E-state index contributed by atoms with van der Waals surface area (Å²) in [6.07, 6.45) is 0.294. The molecule has 0 saturated carbocycles. The lowest BCUT2D eigenvalue weighted by atomic mass is 9.85. The fourth-order valence-corrected chi connectivity index (χ4v) is 12.4. The van der Waals surface area contributed by atoms with Gasteiger partial charge in [-0.05, 0) is 104 Å². The molecule has 4 aliphatic heterocycles. The number of fused-ring (bicyclic) bond motifs is 5. The molecule has 21 heteroatoms. The van der Waals surface area contributed by atoms with Crippen LogP contribution in [0.5, 0.6) is 17.2 Å². The molecule has 4 N–H and O–H groups in total. The molecule has 5 aromatic rings. The smallest absolute Gasteiger partial charge is 0.411 e. The summed E-state index contributed by atoms with van der Waals surface area (Å²) < 4.78 is 42.8. The van der Waals surface area contributed by atoms with Crippen LogP contribution in [0.2, 0.25) is 0 Å². The maximum atomic E-state index is 14.2. The number of benzene rings is 3. The molecule has 3 aromatic carbocycles. The molecule has 4 aliphatic rings. The second-order valence-corrected chi connectivity index (χ2v) is 21.6. The molecule has 1 unspecified atom stereocenters. The molecular weight excluding hydrogens is 997 g/mol. The number of amidine groups is 1. The second kappa shape index (κ2) is 20.7. The van der Waals surface area contributed by atoms with Crippen molar-refractivity contribution in [1.29, 1.82) is 0 Å². The van der Waals surface area contributed by atoms with Gasteiger partial charge in [-0.1, -0.05) is 34.3 Å². The molecule has 400 valence electrons. The first-order valence-corrected chi connectivity index (χ1v) is 27.0. The van der Waals surface area contributed by atoms with Gasteiger partial charge in [-0.2, -0.15) is 4.31 Å². The Hall–Kier alpha value is -7.78. The van der Waals surface area contributed by atoms with Crippen molar-refractivity contribution in [3.63, 3.8) is 0 Å². The standard InChI is InChI=1S/C55H62N8O12S/c1-8-37-39-25-35(64)13-16-44(39)58-48-41(37)29-62-45(48)27-43-42(52(62)69)30-74-53(70)55(43,9-2)75-54(71)60-23-21-59(22-24-60)51(68)33-17-19-61(20-18-33)76(72,73)36-14-11-34(12-15-36)63(32(6)50(67)57-10-3)49(56-7)40-26-38(31(4)5)46(65)28-47(40)66/h11-16,25-28,31,33,64-66H,6,8-10,17-24,29-30H2,1-5,7H3,(H,57,67)/b56-49-. The van der Waals surface area contributed by atoms with Crippen molar-refractivity contribution >= 4 is 56.3 Å². The summed E-state index contributed by atoms with van der Waals surface area (Å²) in [5, 5.41) is 35.3. The van der Waals surface area contributed by atoms with E-state index in [1.165, 1.54) is 51.5 Å². The molecule has 3 amide bonds. The maximum Gasteiger partial charge on any atom is 0.411 e. The lowest BCUT2D eigenvalue weighted by Crippen LogP contribution is -2.55. The van der Waals surface area contributed by atoms with Crippen molar-refractivity contribution < 1.29 is 52.4 Å². The Labute approximate surface area is 439 Å². The van der Waals surface area contributed by atoms with Gasteiger partial charge in [0.2, 0.25) is 21.5 Å². The van der Waals surface area contributed by atoms with E-state index < -0.39 is 39.5 Å². The van der Waals surface area contributed by atoms with Crippen LogP contribution in [-0.2, 0) is 59.1 Å². The molecule has 9 rings (SSSR count). The number of esters is 1. The molecular formula is C55H62N8O12S. The molecule has 6 heterocycles. The molecule has 2 saturated heterocycles. The number of hydrogen-bond acceptors (Lipinski definition) is 14. The van der Waals surface area contributed by atoms with Gasteiger partial charge >= 0.3 is 12.1 Å². The van der Waals surface area contributed by atoms with Crippen LogP contribution in [0.4, 0.5) is 10.5 Å². The van der Waals surface area contributed by atoms with Crippen molar-refractivity contribution in [2.24, 2.45) is 10.9 Å². The number of sulfonamides is 1. The minimum atomic E-state index is -4.05. The highest BCUT2D eigenvalue weighted by Gasteiger charge is 2.51. The summed E-state index contributed by atoms with van der Waals surface area (Å²) in [6, 6.07) is 15.3. The van der Waals surface area contributed by atoms with Gasteiger partial charge in [-0.15, -0.1) is 0 Å². The van der Waals surface area contributed by atoms with E-state index >= 15 is 0 Å². The average Bonchev–Trinajstić information content (AvgIpc) is 3.95. The molecule has 2 aromatic heterocycles. The number of nitrogens with zero attached hydrogens (tertiary/aromatic N) is 7. The molecule has 0 aliphatic carbocycles. The lowest BCUT2D eigenvalue weighted by Gasteiger charge is -2.40. The van der Waals surface area contributed by atoms with Gasteiger partial charge in [-0.3, -0.25) is 24.3 Å². The quantitative estimate of drug-likeness (QED) is 0.0489. The number of aryl methyl sites for hydroxylation is 1. The highest BCUT2D eigenvalue weighted by molar-refractivity contribution is 7.89. The van der Waals surface area contributed by atoms with Gasteiger partial charge in [0.1, 0.15) is 35.4 Å². The number of amides is 3. The van der Waals surface area contributed by atoms with Crippen LogP contribution in [0, 0.1) is 5.92 Å². The Morgan fingerprint density at radius 2 is 1.61 bits per heavy atom. The zero-order valence-corrected chi connectivity index (χ0v) is 44.2. The first-order valence-electron chi connectivity index (χ1n) is 25.5. The van der Waals surface area contributed by atoms with Crippen LogP contribution >= 0.6 is 0 Å². The third-order valence-electron chi connectivity index (χ3n) is 15.1. The molecule has 76 heavy (non-hydrogen) atoms. The number of aromatic hydroxyl groups is 3. The van der Waals surface area contributed by atoms with Crippen LogP contribution in [0.1, 0.15) is 93.2 Å². The number of aromatic nitrogens is 2. The van der Waals surface area contributed by atoms with Crippen molar-refractivity contribution in [1.82, 2.24) is 29.0 Å². The van der Waals surface area contributed by atoms with Crippen LogP contribution < -0.4 is 15.8 Å². The Morgan fingerprint density at radius 3 is 2.24 bits per heavy atom. The number of anilines is 1. The van der Waals surface area contributed by atoms with Crippen LogP contribution in [0.25, 0.3) is 22.3 Å². The van der Waals surface area contributed by atoms with E-state index in [9.17, 15) is 47.7 Å². The summed E-state index contributed by atoms with van der Waals surface area (Å²) >= 11 is 0. The number of phenols is 3. The van der Waals surface area contributed by atoms with Crippen molar-refractivity contribution in [2.45, 2.75) is 89.9 Å². The fraction of sp³-hybridized carbons (Fsp3) is 0.400. The number of carbonyl (C=O) groups excluding carboxylic acids is 4. The van der Waals surface area contributed by atoms with Gasteiger partial charge in [0.05, 0.1) is 39.5 Å². The van der Waals surface area contributed by atoms with Gasteiger partial charge in [0.15, 0.2) is 0 Å². The monoisotopic (exact) mass is 1060 g/mol. The number of rotatable bonds is 12. The summed E-state index contributed by atoms with van der Waals surface area (Å²) in [5.74, 6) is -2.27. The minimum Gasteiger partial charge on any atom is -0.508 e. The number of likely N-dealkylation sites (N-methyl/N-ethyl adjacent to an activating group) is 1. The van der Waals surface area contributed by atoms with Crippen molar-refractivity contribution in [2.75, 3.05) is 57.8 Å². The predicted molar refractivity (Wildman–Crippen MR) is 283 cm³/mol. The molecule has 1 atom stereocenters. The molecule has 0 bridgehead atoms. The largest absolute Gasteiger partial charge is 0.508 e. The first kappa shape index (κ1) is 53.1. The third-order valence-corrected chi connectivity index (χ3v) is 17.0. The van der Waals surface area contributed by atoms with E-state index in [0.29, 0.717) is 41.1 Å². The Kier molecular flexibility index (Phi) is 14.5. The Balaban J connectivity index is 0.851. The zero-order valence-electron chi connectivity index (χ0n) is 43.4. The molecule has 20 nitrogen and oxygen atoms in total. The maximum absolute atomic E-state index is 14.2. The zero-order chi connectivity index (χ0) is 54.5. The number of pyridine rings is 2. The fourth-order valence-electron chi connectivity index (χ4n) is 10.9. The number of piperazine rings is 1. The van der Waals surface area contributed by atoms with Crippen LogP contribution in [0.3, 0.4) is 0 Å². The SMILES string of the molecule is C=C(C(=O)NCC)N(/C(=N\C)c1cc(C(C)C)c(O)cc1O)c1ccc(S(=O)(=O)N2CCC(C(=O)N3CCN(C(=O)OC4(CC)C(=O)OCc5c4cc4n(c5=O)Cc5c-4nc4ccc(O)cc4c5CC)CC3)CC2)cc1. The van der Waals surface area contributed by atoms with Gasteiger partial charge in [0, 0.05) is 87.0 Å². The molecule has 0 radical (unpaired) electrons. The number of aliphatic imine (C=N–C) groups is 1. The summed E-state index contributed by atoms with van der Waals surface area (Å²) in [5.41, 5.74) is 2.60. The lowest BCUT2D eigenvalue weighted by molar-refractivity contribution is -0.173. The number of ether oxygens (including phenoxy) is 2. The topological polar surface area (TPSA) is 254 Å². The highest BCUT2D eigenvalue weighted by Crippen LogP contribution is 2.43. The summed E-state index contributed by atoms with van der Waals surface area (Å²) in [4.78, 5) is 83.0. The molecule has 2 fully saturated rings. The van der Waals surface area contributed by atoms with E-state index in [2.05, 4.69) is 16.9 Å². The van der Waals surface area contributed by atoms with Gasteiger partial charge < -0.3 is 44.5 Å². The van der Waals surface area contributed by atoms with Gasteiger partial charge in [0.25, 0.3) is 11.5 Å². The van der Waals surface area contributed by atoms with E-state index in [1.54, 1.807) is 53.6 Å². The number of phenolic OH excluding ortho intramolecular Hbond substituents is 3. The summed E-state index contributed by atoms with van der Waals surface area (Å²) in [6.45, 7) is 14.1. The number of cyclic esters (lactones) is 1. The Morgan fingerprint density at radius 1 is 0.921 bits per heavy atom. The molecule has 0 spiro atoms. The highest BCUT2D eigenvalue weighted by atomic mass is 32.2. The number of carbonyl (C=O) groups is 4. The normalized spacial score (nSPS) is 18.0. The van der Waals surface area contributed by atoms with E-state index in [-0.39, 0.29) is 139 Å². The predicted octanol–water partition coefficient (Wildman–Crippen LogP) is 5.80. The third kappa shape index (κ3) is 9.17. The van der Waals surface area contributed by atoms with Crippen LogP contribution in [-0.4, -0.2) is 130 Å². The van der Waals surface area contributed by atoms with Crippen LogP contribution in [0.15, 0.2) is 87.6 Å². The average molecular weight is 1060 g/mol. The van der Waals surface area contributed by atoms with E-state index in [4.69, 9.17) is 14.5 Å². The van der Waals surface area contributed by atoms with Crippen molar-refractivity contribution in [3.8, 4) is 28.6 Å². The first-order chi connectivity index (χ1) is 36.3. The van der Waals surface area contributed by atoms with Crippen molar-refractivity contribution in [3.05, 3.63) is 117 Å². The Bertz CT molecular complexity index is 3410. The van der Waals surface area contributed by atoms with E-state index in [0.717, 1.165) is 16.5 Å². The van der Waals surface area contributed by atoms with E-state index in [1.807, 2.05) is 20.8 Å². The summed E-state index contributed by atoms with van der Waals surface area (Å²) in [7, 11) is -2.57. The second-order valence-electron chi connectivity index (χ2n) is 19.7. The minimum absolute atomic E-state index is 0.0209. The number of nitrogens with one attached hydrogen (secondary N) is 1.